The third-order valence-corrected chi connectivity index (χ3v) is 5.08. The van der Waals surface area contributed by atoms with Crippen molar-refractivity contribution in [3.63, 3.8) is 0 Å². The van der Waals surface area contributed by atoms with E-state index in [1.54, 1.807) is 23.1 Å². The second kappa shape index (κ2) is 6.78. The van der Waals surface area contributed by atoms with E-state index in [2.05, 4.69) is 18.3 Å². The van der Waals surface area contributed by atoms with E-state index in [1.807, 2.05) is 17.5 Å². The molecule has 0 aliphatic carbocycles. The molecular formula is C14H16N2OS2. The number of nitrogens with zero attached hydrogens (tertiary/aromatic N) is 1. The molecule has 0 aromatic carbocycles. The first kappa shape index (κ1) is 14.2. The quantitative estimate of drug-likeness (QED) is 0.843. The van der Waals surface area contributed by atoms with Crippen molar-refractivity contribution in [1.29, 1.82) is 5.26 Å². The zero-order valence-corrected chi connectivity index (χ0v) is 12.4. The summed E-state index contributed by atoms with van der Waals surface area (Å²) in [5.74, 6) is 0.883. The molecule has 1 aliphatic heterocycles. The van der Waals surface area contributed by atoms with E-state index >= 15 is 0 Å². The third kappa shape index (κ3) is 3.40. The van der Waals surface area contributed by atoms with Gasteiger partial charge in [-0.05, 0) is 23.6 Å². The highest BCUT2D eigenvalue weighted by Gasteiger charge is 2.29. The Morgan fingerprint density at radius 1 is 1.63 bits per heavy atom. The number of hydrogen-bond donors (Lipinski definition) is 1. The molecule has 5 heteroatoms. The number of carbonyl (C=O) groups excluding carboxylic acids is 1. The smallest absolute Gasteiger partial charge is 0.225 e. The molecule has 0 bridgehead atoms. The van der Waals surface area contributed by atoms with Crippen molar-refractivity contribution in [3.8, 4) is 6.07 Å². The van der Waals surface area contributed by atoms with Crippen LogP contribution < -0.4 is 5.32 Å². The Labute approximate surface area is 121 Å². The van der Waals surface area contributed by atoms with E-state index in [9.17, 15) is 10.1 Å². The van der Waals surface area contributed by atoms with Gasteiger partial charge in [-0.15, -0.1) is 23.1 Å². The summed E-state index contributed by atoms with van der Waals surface area (Å²) in [6.45, 7) is 2.13. The van der Waals surface area contributed by atoms with E-state index in [-0.39, 0.29) is 11.8 Å². The Hall–Kier alpha value is -1.25. The van der Waals surface area contributed by atoms with E-state index in [1.165, 1.54) is 0 Å². The molecule has 1 aliphatic rings. The normalized spacial score (nSPS) is 19.2. The zero-order valence-electron chi connectivity index (χ0n) is 10.8. The second-order valence-corrected chi connectivity index (χ2v) is 6.46. The molecular weight excluding hydrogens is 276 g/mol. The van der Waals surface area contributed by atoms with Crippen LogP contribution in [0, 0.1) is 11.3 Å². The monoisotopic (exact) mass is 292 g/mol. The number of rotatable bonds is 5. The van der Waals surface area contributed by atoms with Crippen molar-refractivity contribution in [2.24, 2.45) is 0 Å². The average Bonchev–Trinajstić information content (AvgIpc) is 2.92. The first-order valence-electron chi connectivity index (χ1n) is 6.36. The molecule has 0 fully saturated rings. The summed E-state index contributed by atoms with van der Waals surface area (Å²) in [6, 6.07) is 6.25. The molecule has 0 radical (unpaired) electrons. The molecule has 2 rings (SSSR count). The van der Waals surface area contributed by atoms with Gasteiger partial charge in [-0.3, -0.25) is 4.79 Å². The van der Waals surface area contributed by atoms with Crippen LogP contribution in [-0.2, 0) is 4.79 Å². The van der Waals surface area contributed by atoms with Crippen LogP contribution in [-0.4, -0.2) is 11.7 Å². The van der Waals surface area contributed by atoms with Crippen molar-refractivity contribution in [1.82, 2.24) is 5.32 Å². The predicted molar refractivity (Wildman–Crippen MR) is 79.8 cm³/mol. The fraction of sp³-hybridized carbons (Fsp3) is 0.429. The van der Waals surface area contributed by atoms with Crippen molar-refractivity contribution in [2.45, 2.75) is 32.1 Å². The molecule has 0 saturated carbocycles. The maximum absolute atomic E-state index is 11.8. The lowest BCUT2D eigenvalue weighted by Crippen LogP contribution is -2.30. The standard InChI is InChI=1S/C14H16N2OS2/c1-2-3-6-19-14-11(9-15)10(8-13(17)16-14)12-5-4-7-18-12/h4-5,7,10H,2-3,6,8H2,1H3,(H,16,17)/t10-/m0/s1. The number of hydrogen-bond acceptors (Lipinski definition) is 4. The van der Waals surface area contributed by atoms with Gasteiger partial charge in [-0.2, -0.15) is 5.26 Å². The lowest BCUT2D eigenvalue weighted by molar-refractivity contribution is -0.120. The minimum absolute atomic E-state index is 0.0106. The SMILES string of the molecule is CCCCSC1=C(C#N)[C@@H](c2cccs2)CC(=O)N1. The first-order valence-corrected chi connectivity index (χ1v) is 8.23. The van der Waals surface area contributed by atoms with Crippen LogP contribution >= 0.6 is 23.1 Å². The Kier molecular flexibility index (Phi) is 5.06. The summed E-state index contributed by atoms with van der Waals surface area (Å²) >= 11 is 3.20. The van der Waals surface area contributed by atoms with E-state index in [0.717, 1.165) is 28.5 Å². The van der Waals surface area contributed by atoms with Gasteiger partial charge in [0.15, 0.2) is 0 Å². The van der Waals surface area contributed by atoms with Gasteiger partial charge in [0.25, 0.3) is 0 Å². The van der Waals surface area contributed by atoms with E-state index in [4.69, 9.17) is 0 Å². The van der Waals surface area contributed by atoms with Crippen molar-refractivity contribution >= 4 is 29.0 Å². The van der Waals surface area contributed by atoms with Gasteiger partial charge < -0.3 is 5.32 Å². The maximum Gasteiger partial charge on any atom is 0.225 e. The summed E-state index contributed by atoms with van der Waals surface area (Å²) in [5, 5.41) is 15.0. The number of thiophene rings is 1. The van der Waals surface area contributed by atoms with Gasteiger partial charge >= 0.3 is 0 Å². The lowest BCUT2D eigenvalue weighted by atomic mass is 9.93. The van der Waals surface area contributed by atoms with Gasteiger partial charge in [0.2, 0.25) is 5.91 Å². The number of allylic oxidation sites excluding steroid dienone is 1. The molecule has 100 valence electrons. The molecule has 3 nitrogen and oxygen atoms in total. The average molecular weight is 292 g/mol. The fourth-order valence-electron chi connectivity index (χ4n) is 1.98. The van der Waals surface area contributed by atoms with Gasteiger partial charge in [-0.25, -0.2) is 0 Å². The van der Waals surface area contributed by atoms with Crippen LogP contribution in [0.15, 0.2) is 28.1 Å². The van der Waals surface area contributed by atoms with Crippen LogP contribution in [0.5, 0.6) is 0 Å². The molecule has 0 saturated heterocycles. The number of thioether (sulfide) groups is 1. The number of nitriles is 1. The highest BCUT2D eigenvalue weighted by Crippen LogP contribution is 2.37. The molecule has 1 aromatic rings. The molecule has 1 aromatic heterocycles. The van der Waals surface area contributed by atoms with Crippen LogP contribution in [0.4, 0.5) is 0 Å². The van der Waals surface area contributed by atoms with Crippen LogP contribution in [0.25, 0.3) is 0 Å². The largest absolute Gasteiger partial charge is 0.320 e. The molecule has 2 heterocycles. The second-order valence-electron chi connectivity index (χ2n) is 4.38. The fourth-order valence-corrected chi connectivity index (χ4v) is 3.99. The topological polar surface area (TPSA) is 52.9 Å². The zero-order chi connectivity index (χ0) is 13.7. The molecule has 1 N–H and O–H groups in total. The Bertz CT molecular complexity index is 514. The summed E-state index contributed by atoms with van der Waals surface area (Å²) in [4.78, 5) is 12.9. The first-order chi connectivity index (χ1) is 9.26. The summed E-state index contributed by atoms with van der Waals surface area (Å²) in [5.41, 5.74) is 0.711. The van der Waals surface area contributed by atoms with Crippen molar-refractivity contribution in [3.05, 3.63) is 33.0 Å². The van der Waals surface area contributed by atoms with Gasteiger partial charge in [0.05, 0.1) is 16.7 Å². The van der Waals surface area contributed by atoms with Crippen LogP contribution in [0.3, 0.4) is 0 Å². The third-order valence-electron chi connectivity index (χ3n) is 2.99. The Balaban J connectivity index is 2.25. The number of carbonyl (C=O) groups is 1. The number of nitrogens with one attached hydrogen (secondary N) is 1. The van der Waals surface area contributed by atoms with Crippen molar-refractivity contribution in [2.75, 3.05) is 5.75 Å². The highest BCUT2D eigenvalue weighted by molar-refractivity contribution is 8.03. The van der Waals surface area contributed by atoms with E-state index < -0.39 is 0 Å². The number of amides is 1. The molecule has 1 atom stereocenters. The highest BCUT2D eigenvalue weighted by atomic mass is 32.2. The Morgan fingerprint density at radius 3 is 3.11 bits per heavy atom. The molecule has 0 unspecified atom stereocenters. The summed E-state index contributed by atoms with van der Waals surface area (Å²) in [6.07, 6.45) is 2.58. The predicted octanol–water partition coefficient (Wildman–Crippen LogP) is 3.62. The van der Waals surface area contributed by atoms with Crippen LogP contribution in [0.1, 0.15) is 37.0 Å². The maximum atomic E-state index is 11.8. The summed E-state index contributed by atoms with van der Waals surface area (Å²) in [7, 11) is 0. The minimum Gasteiger partial charge on any atom is -0.320 e. The van der Waals surface area contributed by atoms with Crippen LogP contribution in [0.2, 0.25) is 0 Å². The Morgan fingerprint density at radius 2 is 2.47 bits per heavy atom. The minimum atomic E-state index is -0.0668. The number of unbranched alkanes of at least 4 members (excludes halogenated alkanes) is 1. The molecule has 0 spiro atoms. The van der Waals surface area contributed by atoms with Gasteiger partial charge in [0.1, 0.15) is 0 Å². The van der Waals surface area contributed by atoms with Crippen molar-refractivity contribution < 1.29 is 4.79 Å². The van der Waals surface area contributed by atoms with Gasteiger partial charge in [0, 0.05) is 17.2 Å². The summed E-state index contributed by atoms with van der Waals surface area (Å²) < 4.78 is 0. The molecule has 1 amide bonds. The molecule has 19 heavy (non-hydrogen) atoms. The van der Waals surface area contributed by atoms with Gasteiger partial charge in [-0.1, -0.05) is 19.4 Å². The van der Waals surface area contributed by atoms with E-state index in [0.29, 0.717) is 12.0 Å². The lowest BCUT2D eigenvalue weighted by Gasteiger charge is -2.23.